The molecule has 9 nitrogen and oxygen atoms in total. The predicted octanol–water partition coefficient (Wildman–Crippen LogP) is 6.43. The van der Waals surface area contributed by atoms with Crippen molar-refractivity contribution in [3.63, 3.8) is 0 Å². The molecule has 39 heavy (non-hydrogen) atoms. The fraction of sp³-hybridized carbons (Fsp3) is 0.133. The summed E-state index contributed by atoms with van der Waals surface area (Å²) in [6.07, 6.45) is 4.10. The van der Waals surface area contributed by atoms with Crippen LogP contribution in [0.1, 0.15) is 45.9 Å². The third kappa shape index (κ3) is 4.89. The molecule has 1 aliphatic rings. The largest absolute Gasteiger partial charge is 0.452 e. The molecule has 0 spiro atoms. The molecule has 0 N–H and O–H groups in total. The van der Waals surface area contributed by atoms with Crippen LogP contribution in [0.25, 0.3) is 34.0 Å². The zero-order chi connectivity index (χ0) is 26.8. The lowest BCUT2D eigenvalue weighted by atomic mass is 9.86. The van der Waals surface area contributed by atoms with E-state index < -0.39 is 10.9 Å². The number of nitro groups is 1. The maximum atomic E-state index is 13.5. The Kier molecular flexibility index (Phi) is 6.38. The third-order valence-corrected chi connectivity index (χ3v) is 6.61. The Morgan fingerprint density at radius 1 is 1.00 bits per heavy atom. The van der Waals surface area contributed by atoms with Crippen LogP contribution in [0.15, 0.2) is 83.3 Å². The number of aromatic nitrogens is 3. The minimum Gasteiger partial charge on any atom is -0.452 e. The third-order valence-electron chi connectivity index (χ3n) is 6.61. The molecule has 2 aromatic heterocycles. The van der Waals surface area contributed by atoms with E-state index in [0.29, 0.717) is 40.0 Å². The van der Waals surface area contributed by atoms with Gasteiger partial charge in [-0.15, -0.1) is 10.2 Å². The maximum Gasteiger partial charge on any atom is 0.339 e. The summed E-state index contributed by atoms with van der Waals surface area (Å²) in [4.78, 5) is 29.3. The molecule has 0 bridgehead atoms. The Morgan fingerprint density at radius 3 is 2.67 bits per heavy atom. The molecule has 0 aliphatic heterocycles. The summed E-state index contributed by atoms with van der Waals surface area (Å²) >= 11 is 0. The number of carbonyl (C=O) groups is 1. The molecule has 0 atom stereocenters. The van der Waals surface area contributed by atoms with Crippen LogP contribution in [0.5, 0.6) is 0 Å². The number of pyridine rings is 1. The van der Waals surface area contributed by atoms with Crippen LogP contribution in [0, 0.1) is 10.1 Å². The van der Waals surface area contributed by atoms with E-state index in [4.69, 9.17) is 14.1 Å². The van der Waals surface area contributed by atoms with E-state index >= 15 is 0 Å². The van der Waals surface area contributed by atoms with E-state index in [-0.39, 0.29) is 18.2 Å². The summed E-state index contributed by atoms with van der Waals surface area (Å²) < 4.78 is 11.4. The van der Waals surface area contributed by atoms with Crippen LogP contribution in [0.3, 0.4) is 0 Å². The highest BCUT2D eigenvalue weighted by molar-refractivity contribution is 6.06. The molecule has 0 saturated heterocycles. The van der Waals surface area contributed by atoms with Crippen LogP contribution in [0.4, 0.5) is 5.69 Å². The molecule has 192 valence electrons. The first-order valence-corrected chi connectivity index (χ1v) is 12.5. The number of carbonyl (C=O) groups excluding carboxylic acids is 1. The average molecular weight is 519 g/mol. The van der Waals surface area contributed by atoms with Crippen LogP contribution >= 0.6 is 0 Å². The smallest absolute Gasteiger partial charge is 0.339 e. The van der Waals surface area contributed by atoms with Gasteiger partial charge in [0.05, 0.1) is 21.7 Å². The Morgan fingerprint density at radius 2 is 1.82 bits per heavy atom. The van der Waals surface area contributed by atoms with Crippen molar-refractivity contribution in [2.24, 2.45) is 0 Å². The number of ether oxygens (including phenoxy) is 1. The number of hydrogen-bond acceptors (Lipinski definition) is 8. The fourth-order valence-corrected chi connectivity index (χ4v) is 4.85. The zero-order valence-electron chi connectivity index (χ0n) is 20.7. The summed E-state index contributed by atoms with van der Waals surface area (Å²) in [5.74, 6) is 0.0471. The van der Waals surface area contributed by atoms with Crippen LogP contribution in [-0.4, -0.2) is 26.1 Å². The van der Waals surface area contributed by atoms with E-state index in [2.05, 4.69) is 10.2 Å². The van der Waals surface area contributed by atoms with Gasteiger partial charge in [0.25, 0.3) is 11.6 Å². The monoisotopic (exact) mass is 518 g/mol. The number of para-hydroxylation sites is 1. The standard InChI is InChI=1S/C30H22N4O5/c35-30(38-18-26-32-33-29(39-26)20-9-2-1-3-10-20)27-23-13-4-5-15-25(23)31-28-21(11-7-14-24(27)28)16-19-8-6-12-22(17-19)34(36)37/h1-6,8-10,12-13,15-17H,7,11,14,18H2/b21-16+. The summed E-state index contributed by atoms with van der Waals surface area (Å²) in [6, 6.07) is 23.3. The van der Waals surface area contributed by atoms with Gasteiger partial charge in [-0.2, -0.15) is 0 Å². The molecule has 2 heterocycles. The van der Waals surface area contributed by atoms with Crippen molar-refractivity contribution < 1.29 is 18.9 Å². The van der Waals surface area contributed by atoms with Gasteiger partial charge in [-0.25, -0.2) is 9.78 Å². The summed E-state index contributed by atoms with van der Waals surface area (Å²) in [7, 11) is 0. The van der Waals surface area contributed by atoms with Crippen molar-refractivity contribution in [2.45, 2.75) is 25.9 Å². The van der Waals surface area contributed by atoms with Crippen LogP contribution in [0.2, 0.25) is 0 Å². The number of fused-ring (bicyclic) bond motifs is 2. The molecular weight excluding hydrogens is 496 g/mol. The van der Waals surface area contributed by atoms with Crippen molar-refractivity contribution in [1.29, 1.82) is 0 Å². The molecule has 0 radical (unpaired) electrons. The Labute approximate surface area is 222 Å². The van der Waals surface area contributed by atoms with Gasteiger partial charge >= 0.3 is 5.97 Å². The lowest BCUT2D eigenvalue weighted by Crippen LogP contribution is -2.15. The second-order valence-electron chi connectivity index (χ2n) is 9.15. The minimum absolute atomic E-state index is 0.0209. The van der Waals surface area contributed by atoms with E-state index in [1.165, 1.54) is 12.1 Å². The highest BCUT2D eigenvalue weighted by atomic mass is 16.6. The number of hydrogen-bond donors (Lipinski definition) is 0. The molecule has 9 heteroatoms. The Balaban J connectivity index is 1.34. The maximum absolute atomic E-state index is 13.5. The SMILES string of the molecule is O=C(OCc1nnc(-c2ccccc2)o1)c1c2c(nc3ccccc13)/C(=C/c1cccc([N+](=O)[O-])c1)CCC2. The highest BCUT2D eigenvalue weighted by Crippen LogP contribution is 2.37. The van der Waals surface area contributed by atoms with E-state index in [1.54, 1.807) is 6.07 Å². The van der Waals surface area contributed by atoms with Gasteiger partial charge < -0.3 is 9.15 Å². The number of benzene rings is 3. The topological polar surface area (TPSA) is 121 Å². The summed E-state index contributed by atoms with van der Waals surface area (Å²) in [5.41, 5.74) is 5.06. The average Bonchev–Trinajstić information content (AvgIpc) is 3.45. The molecule has 6 rings (SSSR count). The lowest BCUT2D eigenvalue weighted by molar-refractivity contribution is -0.384. The normalized spacial score (nSPS) is 13.8. The first-order chi connectivity index (χ1) is 19.1. The number of non-ortho nitro benzene ring substituents is 1. The molecule has 3 aromatic carbocycles. The molecule has 0 amide bonds. The molecule has 0 saturated carbocycles. The minimum atomic E-state index is -0.499. The second kappa shape index (κ2) is 10.3. The van der Waals surface area contributed by atoms with Crippen LogP contribution in [-0.2, 0) is 17.8 Å². The van der Waals surface area contributed by atoms with Gasteiger partial charge in [0.15, 0.2) is 6.61 Å². The molecule has 0 fully saturated rings. The molecule has 0 unspecified atom stereocenters. The van der Waals surface area contributed by atoms with Crippen molar-refractivity contribution in [3.8, 4) is 11.5 Å². The van der Waals surface area contributed by atoms with E-state index in [0.717, 1.165) is 29.5 Å². The number of allylic oxidation sites excluding steroid dienone is 1. The molecule has 1 aliphatic carbocycles. The van der Waals surface area contributed by atoms with Crippen molar-refractivity contribution in [2.75, 3.05) is 0 Å². The van der Waals surface area contributed by atoms with Crippen LogP contribution < -0.4 is 0 Å². The van der Waals surface area contributed by atoms with Gasteiger partial charge in [0.2, 0.25) is 5.89 Å². The van der Waals surface area contributed by atoms with Gasteiger partial charge in [0, 0.05) is 23.1 Å². The quantitative estimate of drug-likeness (QED) is 0.143. The second-order valence-corrected chi connectivity index (χ2v) is 9.15. The number of nitro benzene ring substituents is 1. The van der Waals surface area contributed by atoms with Crippen molar-refractivity contribution in [3.05, 3.63) is 117 Å². The number of rotatable bonds is 6. The molecule has 5 aromatic rings. The van der Waals surface area contributed by atoms with E-state index in [9.17, 15) is 14.9 Å². The highest BCUT2D eigenvalue weighted by Gasteiger charge is 2.26. The Bertz CT molecular complexity index is 1740. The Hall–Kier alpha value is -5.18. The zero-order valence-corrected chi connectivity index (χ0v) is 20.7. The van der Waals surface area contributed by atoms with Gasteiger partial charge in [0.1, 0.15) is 0 Å². The van der Waals surface area contributed by atoms with Crippen molar-refractivity contribution >= 4 is 34.2 Å². The first-order valence-electron chi connectivity index (χ1n) is 12.5. The van der Waals surface area contributed by atoms with Crippen molar-refractivity contribution in [1.82, 2.24) is 15.2 Å². The molecular formula is C30H22N4O5. The predicted molar refractivity (Wildman–Crippen MR) is 145 cm³/mol. The summed E-state index contributed by atoms with van der Waals surface area (Å²) in [6.45, 7) is -0.166. The van der Waals surface area contributed by atoms with Gasteiger partial charge in [-0.1, -0.05) is 48.5 Å². The number of nitrogens with zero attached hydrogens (tertiary/aromatic N) is 4. The fourth-order valence-electron chi connectivity index (χ4n) is 4.85. The van der Waals surface area contributed by atoms with Gasteiger partial charge in [-0.05, 0) is 60.2 Å². The summed E-state index contributed by atoms with van der Waals surface area (Å²) in [5, 5.41) is 20.0. The first kappa shape index (κ1) is 24.2. The van der Waals surface area contributed by atoms with Gasteiger partial charge in [-0.3, -0.25) is 10.1 Å². The lowest BCUT2D eigenvalue weighted by Gasteiger charge is -2.22. The van der Waals surface area contributed by atoms with E-state index in [1.807, 2.05) is 66.7 Å². The number of esters is 1.